The zero-order valence-corrected chi connectivity index (χ0v) is 17.9. The fraction of sp³-hybridized carbons (Fsp3) is 0.700. The minimum Gasteiger partial charge on any atom is -0.360 e. The molecule has 0 radical (unpaired) electrons. The Kier molecular flexibility index (Phi) is 6.57. The molecule has 2 fully saturated rings. The summed E-state index contributed by atoms with van der Waals surface area (Å²) in [5.74, 6) is 1.28. The highest BCUT2D eigenvalue weighted by atomic mass is 32.2. The molecule has 166 valence electrons. The van der Waals surface area contributed by atoms with Crippen molar-refractivity contribution in [3.8, 4) is 0 Å². The lowest BCUT2D eigenvalue weighted by Crippen LogP contribution is -2.50. The number of aromatic nitrogens is 1. The van der Waals surface area contributed by atoms with Crippen LogP contribution >= 0.6 is 0 Å². The fourth-order valence-electron chi connectivity index (χ4n) is 4.16. The van der Waals surface area contributed by atoms with Crippen LogP contribution in [0.25, 0.3) is 0 Å². The van der Waals surface area contributed by atoms with E-state index in [9.17, 15) is 13.2 Å². The molecule has 3 aliphatic rings. The monoisotopic (exact) mass is 437 g/mol. The van der Waals surface area contributed by atoms with E-state index >= 15 is 0 Å². The molecular weight excluding hydrogens is 406 g/mol. The molecule has 4 rings (SSSR count). The van der Waals surface area contributed by atoms with E-state index < -0.39 is 10.2 Å². The third-order valence-corrected chi connectivity index (χ3v) is 7.89. The van der Waals surface area contributed by atoms with Gasteiger partial charge in [-0.25, -0.2) is 0 Å². The molecule has 1 saturated heterocycles. The molecule has 1 saturated carbocycles. The predicted octanol–water partition coefficient (Wildman–Crippen LogP) is 1.26. The highest BCUT2D eigenvalue weighted by Crippen LogP contribution is 2.40. The number of piperidine rings is 1. The van der Waals surface area contributed by atoms with Gasteiger partial charge in [-0.05, 0) is 57.4 Å². The summed E-state index contributed by atoms with van der Waals surface area (Å²) in [6.07, 6.45) is 9.48. The van der Waals surface area contributed by atoms with Crippen molar-refractivity contribution in [2.75, 3.05) is 19.6 Å². The number of hydrogen-bond acceptors (Lipinski definition) is 6. The highest BCUT2D eigenvalue weighted by molar-refractivity contribution is 7.87. The van der Waals surface area contributed by atoms with Gasteiger partial charge < -0.3 is 15.6 Å². The van der Waals surface area contributed by atoms with Crippen LogP contribution in [0.1, 0.15) is 67.1 Å². The molecule has 0 unspecified atom stereocenters. The van der Waals surface area contributed by atoms with E-state index in [-0.39, 0.29) is 23.7 Å². The average Bonchev–Trinajstić information content (AvgIpc) is 3.50. The van der Waals surface area contributed by atoms with Crippen LogP contribution < -0.4 is 15.8 Å². The van der Waals surface area contributed by atoms with Crippen LogP contribution in [0.2, 0.25) is 0 Å². The van der Waals surface area contributed by atoms with Crippen LogP contribution in [0, 0.1) is 5.92 Å². The molecule has 4 N–H and O–H groups in total. The number of amides is 1. The molecule has 2 atom stereocenters. The minimum absolute atomic E-state index is 0.173. The smallest absolute Gasteiger partial charge is 0.279 e. The summed E-state index contributed by atoms with van der Waals surface area (Å²) in [6, 6.07) is 1.27. The van der Waals surface area contributed by atoms with Crippen LogP contribution in [0.5, 0.6) is 0 Å². The molecule has 10 heteroatoms. The van der Waals surface area contributed by atoms with Crippen molar-refractivity contribution in [2.24, 2.45) is 11.7 Å². The Morgan fingerprint density at radius 3 is 2.53 bits per heavy atom. The summed E-state index contributed by atoms with van der Waals surface area (Å²) in [5, 5.41) is 6.87. The molecule has 0 spiro atoms. The van der Waals surface area contributed by atoms with Crippen molar-refractivity contribution < 1.29 is 17.7 Å². The molecule has 9 nitrogen and oxygen atoms in total. The standard InChI is InChI=1S/C20H31N5O4S/c21-13-14-7-9-25(10-8-14)30(27,28)24-17-4-2-1-3-16(11-17)22-20(26)18-12-19(29-23-18)15-5-6-15/h1-2,12,14-17,24H,3-11,13,21H2,(H,22,26)/t16-,17-/m0/s1. The first-order valence-electron chi connectivity index (χ1n) is 10.8. The Morgan fingerprint density at radius 2 is 1.87 bits per heavy atom. The van der Waals surface area contributed by atoms with E-state index in [1.54, 1.807) is 6.07 Å². The summed E-state index contributed by atoms with van der Waals surface area (Å²) >= 11 is 0. The van der Waals surface area contributed by atoms with Crippen molar-refractivity contribution in [3.05, 3.63) is 29.7 Å². The molecular formula is C20H31N5O4S. The molecule has 1 aliphatic heterocycles. The second-order valence-corrected chi connectivity index (χ2v) is 10.3. The summed E-state index contributed by atoms with van der Waals surface area (Å²) in [4.78, 5) is 12.6. The van der Waals surface area contributed by atoms with Gasteiger partial charge in [-0.1, -0.05) is 17.3 Å². The first-order chi connectivity index (χ1) is 14.4. The minimum atomic E-state index is -3.57. The van der Waals surface area contributed by atoms with Gasteiger partial charge in [-0.3, -0.25) is 4.79 Å². The third-order valence-electron chi connectivity index (χ3n) is 6.22. The average molecular weight is 438 g/mol. The van der Waals surface area contributed by atoms with Crippen LogP contribution in [0.3, 0.4) is 0 Å². The first kappa shape index (κ1) is 21.5. The first-order valence-corrected chi connectivity index (χ1v) is 12.3. The predicted molar refractivity (Wildman–Crippen MR) is 112 cm³/mol. The van der Waals surface area contributed by atoms with Gasteiger partial charge in [0.1, 0.15) is 5.76 Å². The largest absolute Gasteiger partial charge is 0.360 e. The Hall–Kier alpha value is -1.75. The molecule has 0 aromatic carbocycles. The van der Waals surface area contributed by atoms with Gasteiger partial charge in [0.05, 0.1) is 0 Å². The lowest BCUT2D eigenvalue weighted by molar-refractivity contribution is 0.0925. The molecule has 2 aliphatic carbocycles. The molecule has 1 aromatic rings. The fourth-order valence-corrected chi connectivity index (χ4v) is 5.61. The van der Waals surface area contributed by atoms with E-state index in [0.29, 0.717) is 50.7 Å². The van der Waals surface area contributed by atoms with E-state index in [1.807, 2.05) is 12.2 Å². The lowest BCUT2D eigenvalue weighted by atomic mass is 9.99. The van der Waals surface area contributed by atoms with Gasteiger partial charge in [0.25, 0.3) is 16.1 Å². The highest BCUT2D eigenvalue weighted by Gasteiger charge is 2.32. The van der Waals surface area contributed by atoms with Crippen molar-refractivity contribution >= 4 is 16.1 Å². The normalized spacial score (nSPS) is 26.4. The maximum Gasteiger partial charge on any atom is 0.279 e. The quantitative estimate of drug-likeness (QED) is 0.551. The molecule has 1 amide bonds. The Balaban J connectivity index is 1.33. The van der Waals surface area contributed by atoms with Crippen molar-refractivity contribution in [3.63, 3.8) is 0 Å². The van der Waals surface area contributed by atoms with Gasteiger partial charge in [-0.2, -0.15) is 17.4 Å². The van der Waals surface area contributed by atoms with Gasteiger partial charge in [0.2, 0.25) is 0 Å². The van der Waals surface area contributed by atoms with E-state index in [1.165, 1.54) is 4.31 Å². The number of nitrogens with zero attached hydrogens (tertiary/aromatic N) is 2. The summed E-state index contributed by atoms with van der Waals surface area (Å²) in [6.45, 7) is 1.59. The SMILES string of the molecule is NCC1CCN(S(=O)(=O)N[C@H]2CC=CC[C@H](NC(=O)c3cc(C4CC4)on3)C2)CC1. The van der Waals surface area contributed by atoms with E-state index in [0.717, 1.165) is 31.4 Å². The number of hydrogen-bond donors (Lipinski definition) is 3. The number of nitrogens with two attached hydrogens (primary N) is 1. The molecule has 30 heavy (non-hydrogen) atoms. The van der Waals surface area contributed by atoms with Crippen LogP contribution in [0.4, 0.5) is 0 Å². The number of carbonyl (C=O) groups excluding carboxylic acids is 1. The maximum atomic E-state index is 12.8. The number of nitrogens with one attached hydrogen (secondary N) is 2. The third kappa shape index (κ3) is 5.29. The van der Waals surface area contributed by atoms with E-state index in [4.69, 9.17) is 10.3 Å². The second kappa shape index (κ2) is 9.17. The maximum absolute atomic E-state index is 12.8. The van der Waals surface area contributed by atoms with Crippen LogP contribution in [-0.4, -0.2) is 55.5 Å². The summed E-state index contributed by atoms with van der Waals surface area (Å²) in [7, 11) is -3.57. The van der Waals surface area contributed by atoms with Crippen molar-refractivity contribution in [2.45, 2.75) is 62.9 Å². The van der Waals surface area contributed by atoms with Gasteiger partial charge in [0, 0.05) is 37.2 Å². The van der Waals surface area contributed by atoms with Gasteiger partial charge in [0.15, 0.2) is 5.69 Å². The summed E-state index contributed by atoms with van der Waals surface area (Å²) in [5.41, 5.74) is 5.99. The second-order valence-electron chi connectivity index (χ2n) is 8.64. The number of rotatable bonds is 7. The van der Waals surface area contributed by atoms with E-state index in [2.05, 4.69) is 15.2 Å². The molecule has 2 heterocycles. The molecule has 1 aromatic heterocycles. The Morgan fingerprint density at radius 1 is 1.17 bits per heavy atom. The molecule has 0 bridgehead atoms. The van der Waals surface area contributed by atoms with Gasteiger partial charge in [-0.15, -0.1) is 0 Å². The zero-order valence-electron chi connectivity index (χ0n) is 17.1. The van der Waals surface area contributed by atoms with Crippen molar-refractivity contribution in [1.29, 1.82) is 0 Å². The topological polar surface area (TPSA) is 131 Å². The lowest BCUT2D eigenvalue weighted by Gasteiger charge is -2.32. The van der Waals surface area contributed by atoms with Crippen LogP contribution in [-0.2, 0) is 10.2 Å². The Labute approximate surface area is 177 Å². The Bertz CT molecular complexity index is 872. The summed E-state index contributed by atoms with van der Waals surface area (Å²) < 4.78 is 35.3. The number of carbonyl (C=O) groups is 1. The van der Waals surface area contributed by atoms with Crippen LogP contribution in [0.15, 0.2) is 22.7 Å². The van der Waals surface area contributed by atoms with Crippen molar-refractivity contribution in [1.82, 2.24) is 19.5 Å². The van der Waals surface area contributed by atoms with Gasteiger partial charge >= 0.3 is 0 Å². The zero-order chi connectivity index (χ0) is 21.1.